The van der Waals surface area contributed by atoms with Crippen molar-refractivity contribution in [3.05, 3.63) is 70.7 Å². The van der Waals surface area contributed by atoms with E-state index in [2.05, 4.69) is 55.0 Å². The summed E-state index contributed by atoms with van der Waals surface area (Å²) in [6.45, 7) is 12.4. The minimum absolute atomic E-state index is 0.0203. The van der Waals surface area contributed by atoms with Gasteiger partial charge in [-0.2, -0.15) is 0 Å². The molecule has 0 fully saturated rings. The second kappa shape index (κ2) is 10.4. The van der Waals surface area contributed by atoms with Crippen LogP contribution < -0.4 is 5.32 Å². The third-order valence-corrected chi connectivity index (χ3v) is 7.51. The van der Waals surface area contributed by atoms with Crippen molar-refractivity contribution in [3.63, 3.8) is 0 Å². The van der Waals surface area contributed by atoms with Gasteiger partial charge in [-0.25, -0.2) is 0 Å². The van der Waals surface area contributed by atoms with E-state index in [1.807, 2.05) is 30.1 Å². The van der Waals surface area contributed by atoms with E-state index in [1.165, 1.54) is 28.0 Å². The van der Waals surface area contributed by atoms with Crippen LogP contribution in [0.3, 0.4) is 0 Å². The van der Waals surface area contributed by atoms with Crippen LogP contribution in [0.4, 0.5) is 0 Å². The molecule has 3 nitrogen and oxygen atoms in total. The van der Waals surface area contributed by atoms with Crippen molar-refractivity contribution < 1.29 is 4.79 Å². The number of carbonyl (C=O) groups excluding carboxylic acids is 1. The zero-order valence-corrected chi connectivity index (χ0v) is 19.3. The van der Waals surface area contributed by atoms with Crippen LogP contribution in [0.1, 0.15) is 56.4 Å². The van der Waals surface area contributed by atoms with Crippen LogP contribution in [0.15, 0.2) is 64.5 Å². The van der Waals surface area contributed by atoms with E-state index in [1.54, 1.807) is 13.0 Å². The summed E-state index contributed by atoms with van der Waals surface area (Å²) >= 11 is 1.95. The minimum Gasteiger partial charge on any atom is -0.311 e. The van der Waals surface area contributed by atoms with Crippen molar-refractivity contribution in [3.8, 4) is 0 Å². The van der Waals surface area contributed by atoms with Crippen molar-refractivity contribution in [1.82, 2.24) is 5.32 Å². The fraction of sp³-hybridized carbons (Fsp3) is 0.462. The molecule has 1 heterocycles. The molecule has 0 spiro atoms. The van der Waals surface area contributed by atoms with E-state index in [-0.39, 0.29) is 11.2 Å². The number of ketones is 1. The van der Waals surface area contributed by atoms with Gasteiger partial charge in [0.1, 0.15) is 5.78 Å². The van der Waals surface area contributed by atoms with Gasteiger partial charge in [0.15, 0.2) is 0 Å². The number of thioether (sulfide) groups is 1. The summed E-state index contributed by atoms with van der Waals surface area (Å²) in [6, 6.07) is 8.61. The van der Waals surface area contributed by atoms with E-state index in [0.29, 0.717) is 11.2 Å². The van der Waals surface area contributed by atoms with E-state index < -0.39 is 0 Å². The second-order valence-electron chi connectivity index (χ2n) is 8.97. The number of nitrogens with one attached hydrogen (secondary N) is 1. The molecule has 30 heavy (non-hydrogen) atoms. The highest BCUT2D eigenvalue weighted by atomic mass is 32.2. The van der Waals surface area contributed by atoms with Crippen LogP contribution in [0.25, 0.3) is 0 Å². The minimum atomic E-state index is 0.0203. The first-order valence-electron chi connectivity index (χ1n) is 10.9. The SMILES string of the molecule is C=C/C=C\C=NCCNCc1ccccc1C1SC2=C(CC(C)(C)CC2)C1C(C)=O. The summed E-state index contributed by atoms with van der Waals surface area (Å²) in [7, 11) is 0. The number of carbonyl (C=O) groups is 1. The van der Waals surface area contributed by atoms with Gasteiger partial charge in [0.25, 0.3) is 0 Å². The number of nitrogens with zero attached hydrogens (tertiary/aromatic N) is 1. The van der Waals surface area contributed by atoms with E-state index in [0.717, 1.165) is 32.5 Å². The standard InChI is InChI=1S/C26H34N2OS/c1-5-6-9-14-27-15-16-28-18-20-10-7-8-11-21(20)25-24(19(2)29)22-17-26(3,4)13-12-23(22)30-25/h5-11,14,24-25,28H,1,12-13,15-18H2,2-4H3/b9-6-,27-14?. The molecule has 0 radical (unpaired) electrons. The maximum absolute atomic E-state index is 12.7. The Bertz CT molecular complexity index is 866. The molecule has 1 N–H and O–H groups in total. The molecule has 0 saturated carbocycles. The number of aliphatic imine (C=N–C) groups is 1. The van der Waals surface area contributed by atoms with Crippen molar-refractivity contribution in [2.75, 3.05) is 13.1 Å². The van der Waals surface area contributed by atoms with E-state index in [9.17, 15) is 4.79 Å². The summed E-state index contributed by atoms with van der Waals surface area (Å²) in [4.78, 5) is 18.6. The number of hydrogen-bond donors (Lipinski definition) is 1. The molecule has 1 aromatic carbocycles. The van der Waals surface area contributed by atoms with Crippen molar-refractivity contribution in [2.45, 2.75) is 51.8 Å². The molecule has 1 aliphatic carbocycles. The molecule has 3 rings (SSSR count). The number of Topliss-reactive ketones (excluding diaryl/α,β-unsaturated/α-hetero) is 1. The fourth-order valence-corrected chi connectivity index (χ4v) is 6.17. The van der Waals surface area contributed by atoms with Gasteiger partial charge in [0.05, 0.1) is 12.5 Å². The Labute approximate surface area is 185 Å². The maximum atomic E-state index is 12.7. The van der Waals surface area contributed by atoms with Crippen molar-refractivity contribution in [1.29, 1.82) is 0 Å². The van der Waals surface area contributed by atoms with Crippen molar-refractivity contribution in [2.24, 2.45) is 16.3 Å². The fourth-order valence-electron chi connectivity index (χ4n) is 4.44. The quantitative estimate of drug-likeness (QED) is 0.299. The molecule has 4 heteroatoms. The Kier molecular flexibility index (Phi) is 7.90. The van der Waals surface area contributed by atoms with Crippen LogP contribution in [-0.4, -0.2) is 25.1 Å². The average Bonchev–Trinajstić information content (AvgIpc) is 3.07. The Morgan fingerprint density at radius 3 is 2.90 bits per heavy atom. The highest BCUT2D eigenvalue weighted by Gasteiger charge is 2.43. The van der Waals surface area contributed by atoms with Gasteiger partial charge in [0, 0.05) is 24.6 Å². The summed E-state index contributed by atoms with van der Waals surface area (Å²) < 4.78 is 0. The lowest BCUT2D eigenvalue weighted by Gasteiger charge is -2.32. The number of benzene rings is 1. The van der Waals surface area contributed by atoms with Gasteiger partial charge in [-0.3, -0.25) is 9.79 Å². The first-order valence-corrected chi connectivity index (χ1v) is 11.8. The largest absolute Gasteiger partial charge is 0.311 e. The molecule has 0 amide bonds. The van der Waals surface area contributed by atoms with Gasteiger partial charge in [-0.05, 0) is 59.3 Å². The summed E-state index contributed by atoms with van der Waals surface area (Å²) in [5.74, 6) is 0.326. The molecule has 2 unspecified atom stereocenters. The Morgan fingerprint density at radius 1 is 1.33 bits per heavy atom. The zero-order chi connectivity index (χ0) is 21.6. The molecule has 2 aliphatic rings. The van der Waals surface area contributed by atoms with Gasteiger partial charge >= 0.3 is 0 Å². The third-order valence-electron chi connectivity index (χ3n) is 5.97. The topological polar surface area (TPSA) is 41.5 Å². The normalized spacial score (nSPS) is 23.3. The van der Waals surface area contributed by atoms with Gasteiger partial charge in [-0.1, -0.05) is 56.8 Å². The van der Waals surface area contributed by atoms with Gasteiger partial charge in [0.2, 0.25) is 0 Å². The molecule has 0 saturated heterocycles. The smallest absolute Gasteiger partial charge is 0.138 e. The molecule has 2 atom stereocenters. The van der Waals surface area contributed by atoms with Gasteiger partial charge < -0.3 is 5.32 Å². The molecule has 1 aliphatic heterocycles. The summed E-state index contributed by atoms with van der Waals surface area (Å²) in [6.07, 6.45) is 10.7. The van der Waals surface area contributed by atoms with E-state index in [4.69, 9.17) is 0 Å². The van der Waals surface area contributed by atoms with Crippen LogP contribution in [0, 0.1) is 11.3 Å². The molecule has 160 valence electrons. The first-order chi connectivity index (χ1) is 14.4. The Hall–Kier alpha value is -1.91. The Balaban J connectivity index is 1.69. The number of allylic oxidation sites excluding steroid dienone is 5. The van der Waals surface area contributed by atoms with Gasteiger partial charge in [-0.15, -0.1) is 11.8 Å². The van der Waals surface area contributed by atoms with Crippen LogP contribution in [0.2, 0.25) is 0 Å². The average molecular weight is 423 g/mol. The molecule has 0 aromatic heterocycles. The second-order valence-corrected chi connectivity index (χ2v) is 10.2. The third kappa shape index (κ3) is 5.61. The first kappa shape index (κ1) is 22.8. The lowest BCUT2D eigenvalue weighted by molar-refractivity contribution is -0.119. The summed E-state index contributed by atoms with van der Waals surface area (Å²) in [5.41, 5.74) is 4.30. The molecule has 0 bridgehead atoms. The predicted molar refractivity (Wildman–Crippen MR) is 130 cm³/mol. The number of hydrogen-bond acceptors (Lipinski definition) is 4. The van der Waals surface area contributed by atoms with Crippen LogP contribution in [0.5, 0.6) is 0 Å². The Morgan fingerprint density at radius 2 is 2.13 bits per heavy atom. The van der Waals surface area contributed by atoms with Crippen LogP contribution >= 0.6 is 11.8 Å². The zero-order valence-electron chi connectivity index (χ0n) is 18.5. The van der Waals surface area contributed by atoms with E-state index >= 15 is 0 Å². The highest BCUT2D eigenvalue weighted by Crippen LogP contribution is 2.59. The lowest BCUT2D eigenvalue weighted by Crippen LogP contribution is -2.24. The number of rotatable bonds is 9. The molecular weight excluding hydrogens is 388 g/mol. The lowest BCUT2D eigenvalue weighted by atomic mass is 9.72. The highest BCUT2D eigenvalue weighted by molar-refractivity contribution is 8.03. The van der Waals surface area contributed by atoms with Crippen molar-refractivity contribution >= 4 is 23.8 Å². The molecule has 1 aromatic rings. The maximum Gasteiger partial charge on any atom is 0.138 e. The monoisotopic (exact) mass is 422 g/mol. The van der Waals surface area contributed by atoms with Crippen LogP contribution in [-0.2, 0) is 11.3 Å². The molecular formula is C26H34N2OS. The predicted octanol–water partition coefficient (Wildman–Crippen LogP) is 6.05. The summed E-state index contributed by atoms with van der Waals surface area (Å²) in [5, 5.41) is 3.72.